The molecule has 0 atom stereocenters. The van der Waals surface area contributed by atoms with Crippen LogP contribution in [-0.4, -0.2) is 14.1 Å². The first kappa shape index (κ1) is 8.99. The van der Waals surface area contributed by atoms with Gasteiger partial charge < -0.3 is 5.32 Å². The van der Waals surface area contributed by atoms with Gasteiger partial charge in [0.05, 0.1) is 0 Å². The molecule has 1 N–H and O–H groups in total. The second kappa shape index (κ2) is 8.86. The van der Waals surface area contributed by atoms with Crippen molar-refractivity contribution in [1.29, 1.82) is 0 Å². The van der Waals surface area contributed by atoms with Gasteiger partial charge in [-0.3, -0.25) is 0 Å². The van der Waals surface area contributed by atoms with Crippen molar-refractivity contribution in [2.45, 2.75) is 0 Å². The molecule has 0 aromatic carbocycles. The molecule has 0 aliphatic rings. The molecular formula is C2H7GdN. The van der Waals surface area contributed by atoms with Gasteiger partial charge in [0.25, 0.3) is 0 Å². The maximum Gasteiger partial charge on any atom is 0 e. The van der Waals surface area contributed by atoms with E-state index in [4.69, 9.17) is 0 Å². The van der Waals surface area contributed by atoms with E-state index in [1.807, 2.05) is 14.1 Å². The third-order valence-corrected chi connectivity index (χ3v) is 0. The van der Waals surface area contributed by atoms with E-state index in [0.29, 0.717) is 0 Å². The van der Waals surface area contributed by atoms with Gasteiger partial charge in [0.2, 0.25) is 0 Å². The second-order valence-corrected chi connectivity index (χ2v) is 0.500. The van der Waals surface area contributed by atoms with Crippen LogP contribution in [0.2, 0.25) is 0 Å². The van der Waals surface area contributed by atoms with E-state index < -0.39 is 0 Å². The van der Waals surface area contributed by atoms with Gasteiger partial charge in [-0.2, -0.15) is 0 Å². The van der Waals surface area contributed by atoms with Gasteiger partial charge in [0, 0.05) is 39.9 Å². The molecule has 1 nitrogen and oxygen atoms in total. The Hall–Kier alpha value is 1.28. The first-order valence-electron chi connectivity index (χ1n) is 1.00. The van der Waals surface area contributed by atoms with Crippen LogP contribution in [0.15, 0.2) is 0 Å². The van der Waals surface area contributed by atoms with Crippen molar-refractivity contribution in [3.8, 4) is 0 Å². The molecule has 0 amide bonds. The van der Waals surface area contributed by atoms with Crippen LogP contribution < -0.4 is 5.32 Å². The summed E-state index contributed by atoms with van der Waals surface area (Å²) in [4.78, 5) is 0. The Labute approximate surface area is 58.8 Å². The zero-order chi connectivity index (χ0) is 2.71. The molecule has 0 aliphatic carbocycles. The molecule has 0 aromatic heterocycles. The minimum Gasteiger partial charge on any atom is -0.323 e. The van der Waals surface area contributed by atoms with E-state index in [2.05, 4.69) is 5.32 Å². The third-order valence-electron chi connectivity index (χ3n) is 0. The zero-order valence-corrected chi connectivity index (χ0v) is 5.12. The van der Waals surface area contributed by atoms with Crippen LogP contribution in [0, 0.1) is 39.9 Å². The number of nitrogens with one attached hydrogen (secondary N) is 1. The van der Waals surface area contributed by atoms with Gasteiger partial charge in [0.15, 0.2) is 0 Å². The predicted octanol–water partition coefficient (Wildman–Crippen LogP) is -0.164. The zero-order valence-electron chi connectivity index (χ0n) is 2.85. The molecule has 0 rings (SSSR count). The molecular weight excluding hydrogens is 195 g/mol. The fourth-order valence-corrected chi connectivity index (χ4v) is 0. The maximum atomic E-state index is 2.75. The van der Waals surface area contributed by atoms with Crippen molar-refractivity contribution in [2.75, 3.05) is 14.1 Å². The summed E-state index contributed by atoms with van der Waals surface area (Å²) in [6, 6.07) is 0. The van der Waals surface area contributed by atoms with Gasteiger partial charge in [0.1, 0.15) is 0 Å². The van der Waals surface area contributed by atoms with Crippen molar-refractivity contribution in [3.63, 3.8) is 0 Å². The van der Waals surface area contributed by atoms with E-state index in [1.54, 1.807) is 0 Å². The molecule has 0 aromatic rings. The summed E-state index contributed by atoms with van der Waals surface area (Å²) in [5, 5.41) is 2.75. The second-order valence-electron chi connectivity index (χ2n) is 0.500. The third kappa shape index (κ3) is 10.4. The van der Waals surface area contributed by atoms with Crippen molar-refractivity contribution < 1.29 is 39.9 Å². The summed E-state index contributed by atoms with van der Waals surface area (Å²) in [6.07, 6.45) is 0. The predicted molar refractivity (Wildman–Crippen MR) is 15.0 cm³/mol. The Morgan fingerprint density at radius 2 is 1.25 bits per heavy atom. The van der Waals surface area contributed by atoms with Crippen molar-refractivity contribution in [3.05, 3.63) is 0 Å². The molecule has 0 saturated heterocycles. The van der Waals surface area contributed by atoms with E-state index in [0.717, 1.165) is 0 Å². The molecule has 2 heteroatoms. The summed E-state index contributed by atoms with van der Waals surface area (Å²) in [5.41, 5.74) is 0. The Morgan fingerprint density at radius 1 is 1.25 bits per heavy atom. The van der Waals surface area contributed by atoms with Gasteiger partial charge >= 0.3 is 0 Å². The molecule has 0 aliphatic heterocycles. The van der Waals surface area contributed by atoms with E-state index in [-0.39, 0.29) is 39.9 Å². The number of hydrogen-bond acceptors (Lipinski definition) is 1. The number of hydrogen-bond donors (Lipinski definition) is 1. The quantitative estimate of drug-likeness (QED) is 0.575. The van der Waals surface area contributed by atoms with Gasteiger partial charge in [-0.15, -0.1) is 0 Å². The van der Waals surface area contributed by atoms with Crippen LogP contribution in [-0.2, 0) is 0 Å². The summed E-state index contributed by atoms with van der Waals surface area (Å²) >= 11 is 0. The van der Waals surface area contributed by atoms with Crippen molar-refractivity contribution in [2.24, 2.45) is 0 Å². The Bertz CT molecular complexity index is 6.00. The first-order chi connectivity index (χ1) is 1.41. The van der Waals surface area contributed by atoms with Crippen LogP contribution in [0.4, 0.5) is 0 Å². The average molecular weight is 202 g/mol. The van der Waals surface area contributed by atoms with Gasteiger partial charge in [-0.1, -0.05) is 0 Å². The Morgan fingerprint density at radius 3 is 1.25 bits per heavy atom. The first-order valence-corrected chi connectivity index (χ1v) is 1.00. The molecule has 0 fully saturated rings. The van der Waals surface area contributed by atoms with E-state index >= 15 is 0 Å². The minimum atomic E-state index is 0. The number of rotatable bonds is 0. The minimum absolute atomic E-state index is 0. The van der Waals surface area contributed by atoms with Gasteiger partial charge in [-0.05, 0) is 14.1 Å². The SMILES string of the molecule is CNC.[Gd]. The molecule has 0 spiro atoms. The summed E-state index contributed by atoms with van der Waals surface area (Å²) in [5.74, 6) is 0. The molecule has 0 radical (unpaired) electrons. The Balaban J connectivity index is 0. The molecule has 28 valence electrons. The monoisotopic (exact) mass is 203 g/mol. The maximum absolute atomic E-state index is 2.75. The largest absolute Gasteiger partial charge is 0.323 e. The molecule has 0 bridgehead atoms. The standard InChI is InChI=1S/C2H7N.Gd/c1-3-2;/h3H,1-2H3;. The fraction of sp³-hybridized carbons (Fsp3) is 1.00. The van der Waals surface area contributed by atoms with Crippen LogP contribution in [0.25, 0.3) is 0 Å². The van der Waals surface area contributed by atoms with Crippen LogP contribution in [0.5, 0.6) is 0 Å². The van der Waals surface area contributed by atoms with Crippen LogP contribution in [0.1, 0.15) is 0 Å². The van der Waals surface area contributed by atoms with E-state index in [1.165, 1.54) is 0 Å². The van der Waals surface area contributed by atoms with E-state index in [9.17, 15) is 0 Å². The smallest absolute Gasteiger partial charge is 0 e. The molecule has 0 saturated carbocycles. The summed E-state index contributed by atoms with van der Waals surface area (Å²) < 4.78 is 0. The summed E-state index contributed by atoms with van der Waals surface area (Å²) in [7, 11) is 3.75. The molecule has 4 heavy (non-hydrogen) atoms. The summed E-state index contributed by atoms with van der Waals surface area (Å²) in [6.45, 7) is 0. The Kier molecular flexibility index (Phi) is 19.9. The fourth-order valence-electron chi connectivity index (χ4n) is 0. The average Bonchev–Trinajstić information content (AvgIpc) is 0.918. The normalized spacial score (nSPS) is 4.50. The molecule has 0 heterocycles. The topological polar surface area (TPSA) is 12.0 Å². The van der Waals surface area contributed by atoms with Crippen LogP contribution >= 0.6 is 0 Å². The van der Waals surface area contributed by atoms with Crippen LogP contribution in [0.3, 0.4) is 0 Å². The molecule has 0 unspecified atom stereocenters. The van der Waals surface area contributed by atoms with Gasteiger partial charge in [-0.25, -0.2) is 0 Å². The van der Waals surface area contributed by atoms with Crippen molar-refractivity contribution in [1.82, 2.24) is 5.32 Å². The van der Waals surface area contributed by atoms with Crippen molar-refractivity contribution >= 4 is 0 Å².